The molecule has 0 radical (unpaired) electrons. The molecule has 0 saturated carbocycles. The number of esters is 1. The molecule has 0 heterocycles. The average Bonchev–Trinajstić information content (AvgIpc) is 2.83. The van der Waals surface area contributed by atoms with Gasteiger partial charge in [0.05, 0.1) is 5.92 Å². The van der Waals surface area contributed by atoms with Gasteiger partial charge in [-0.2, -0.15) is 0 Å². The molecule has 5 nitrogen and oxygen atoms in total. The maximum atomic E-state index is 12.2. The minimum absolute atomic E-state index is 0.0171. The Morgan fingerprint density at radius 3 is 2.52 bits per heavy atom. The van der Waals surface area contributed by atoms with Crippen molar-refractivity contribution in [2.45, 2.75) is 77.2 Å². The number of carboxylic acid groups (broad SMARTS) is 1. The van der Waals surface area contributed by atoms with E-state index < -0.39 is 11.6 Å². The number of carboxylic acids is 1. The molecule has 1 aliphatic rings. The van der Waals surface area contributed by atoms with Crippen LogP contribution in [0.3, 0.4) is 0 Å². The van der Waals surface area contributed by atoms with Crippen LogP contribution in [0.1, 0.15) is 71.6 Å². The number of unbranched alkanes of at least 4 members (excludes halogenated alkanes) is 4. The van der Waals surface area contributed by atoms with Crippen molar-refractivity contribution in [3.05, 3.63) is 24.3 Å². The highest BCUT2D eigenvalue weighted by atomic mass is 16.6. The van der Waals surface area contributed by atoms with Crippen molar-refractivity contribution < 1.29 is 24.2 Å². The van der Waals surface area contributed by atoms with Gasteiger partial charge in [0.1, 0.15) is 5.60 Å². The lowest BCUT2D eigenvalue weighted by Gasteiger charge is -2.33. The van der Waals surface area contributed by atoms with Crippen LogP contribution in [0, 0.1) is 5.92 Å². The zero-order valence-electron chi connectivity index (χ0n) is 15.3. The average molecular weight is 350 g/mol. The quantitative estimate of drug-likeness (QED) is 0.324. The molecule has 2 atom stereocenters. The molecule has 0 aliphatic heterocycles. The van der Waals surface area contributed by atoms with Crippen molar-refractivity contribution in [1.82, 2.24) is 0 Å². The van der Waals surface area contributed by atoms with Gasteiger partial charge in [0.2, 0.25) is 0 Å². The number of aliphatic carboxylic acids is 1. The molecule has 25 heavy (non-hydrogen) atoms. The first kappa shape index (κ1) is 21.1. The van der Waals surface area contributed by atoms with Crippen molar-refractivity contribution >= 4 is 17.7 Å². The van der Waals surface area contributed by atoms with Crippen LogP contribution in [0.5, 0.6) is 0 Å². The van der Waals surface area contributed by atoms with Crippen molar-refractivity contribution in [2.24, 2.45) is 5.92 Å². The Kier molecular flexibility index (Phi) is 9.17. The van der Waals surface area contributed by atoms with E-state index in [0.29, 0.717) is 19.3 Å². The van der Waals surface area contributed by atoms with E-state index in [1.165, 1.54) is 6.92 Å². The molecule has 1 rings (SSSR count). The Morgan fingerprint density at radius 1 is 1.20 bits per heavy atom. The Hall–Kier alpha value is -1.91. The molecule has 1 aliphatic carbocycles. The summed E-state index contributed by atoms with van der Waals surface area (Å²) in [5.74, 6) is -1.45. The number of carbonyl (C=O) groups excluding carboxylic acids is 2. The zero-order valence-corrected chi connectivity index (χ0v) is 15.3. The number of hydrogen-bond acceptors (Lipinski definition) is 4. The van der Waals surface area contributed by atoms with Crippen LogP contribution in [0.25, 0.3) is 0 Å². The predicted octanol–water partition coefficient (Wildman–Crippen LogP) is 4.22. The molecule has 2 unspecified atom stereocenters. The lowest BCUT2D eigenvalue weighted by Crippen LogP contribution is -2.40. The van der Waals surface area contributed by atoms with Crippen LogP contribution in [0.15, 0.2) is 24.3 Å². The molecule has 0 spiro atoms. The third-order valence-corrected chi connectivity index (χ3v) is 4.53. The summed E-state index contributed by atoms with van der Waals surface area (Å²) in [4.78, 5) is 34.3. The van der Waals surface area contributed by atoms with Crippen LogP contribution >= 0.6 is 0 Å². The molecule has 140 valence electrons. The van der Waals surface area contributed by atoms with Crippen molar-refractivity contribution in [3.8, 4) is 0 Å². The van der Waals surface area contributed by atoms with Gasteiger partial charge in [0, 0.05) is 13.3 Å². The highest BCUT2D eigenvalue weighted by molar-refractivity contribution is 5.96. The number of ketones is 1. The molecule has 0 amide bonds. The second-order valence-electron chi connectivity index (χ2n) is 6.61. The van der Waals surface area contributed by atoms with Gasteiger partial charge in [-0.15, -0.1) is 0 Å². The number of ether oxygens (including phenoxy) is 1. The minimum atomic E-state index is -0.831. The van der Waals surface area contributed by atoms with E-state index in [-0.39, 0.29) is 24.1 Å². The third-order valence-electron chi connectivity index (χ3n) is 4.53. The molecule has 5 heteroatoms. The highest BCUT2D eigenvalue weighted by Crippen LogP contribution is 2.38. The third kappa shape index (κ3) is 7.24. The van der Waals surface area contributed by atoms with Crippen LogP contribution in [-0.4, -0.2) is 28.4 Å². The summed E-state index contributed by atoms with van der Waals surface area (Å²) < 4.78 is 5.61. The number of hydrogen-bond donors (Lipinski definition) is 1. The summed E-state index contributed by atoms with van der Waals surface area (Å²) in [5, 5.41) is 8.63. The van der Waals surface area contributed by atoms with E-state index in [4.69, 9.17) is 9.84 Å². The molecule has 0 aromatic rings. The lowest BCUT2D eigenvalue weighted by molar-refractivity contribution is -0.158. The van der Waals surface area contributed by atoms with Crippen molar-refractivity contribution in [1.29, 1.82) is 0 Å². The number of carbonyl (C=O) groups is 3. The Labute approximate surface area is 150 Å². The van der Waals surface area contributed by atoms with Gasteiger partial charge in [-0.3, -0.25) is 14.4 Å². The Balaban J connectivity index is 2.57. The maximum Gasteiger partial charge on any atom is 0.303 e. The fraction of sp³-hybridized carbons (Fsp3) is 0.650. The molecular formula is C20H30O5. The first-order chi connectivity index (χ1) is 11.9. The van der Waals surface area contributed by atoms with Crippen LogP contribution in [0.4, 0.5) is 0 Å². The van der Waals surface area contributed by atoms with E-state index in [0.717, 1.165) is 32.1 Å². The van der Waals surface area contributed by atoms with Gasteiger partial charge < -0.3 is 9.84 Å². The summed E-state index contributed by atoms with van der Waals surface area (Å²) >= 11 is 0. The highest BCUT2D eigenvalue weighted by Gasteiger charge is 2.45. The van der Waals surface area contributed by atoms with E-state index in [2.05, 4.69) is 0 Å². The van der Waals surface area contributed by atoms with Gasteiger partial charge in [0.25, 0.3) is 0 Å². The van der Waals surface area contributed by atoms with Crippen LogP contribution < -0.4 is 0 Å². The summed E-state index contributed by atoms with van der Waals surface area (Å²) in [6.45, 7) is 3.41. The standard InChI is InChI=1S/C20H30O5/c1-3-4-8-11-17-18(22)13-15-20(17,25-16(2)21)14-10-7-5-6-9-12-19(23)24/h4,8,13,15,17H,3,5-7,9-12,14H2,1-2H3,(H,23,24). The monoisotopic (exact) mass is 350 g/mol. The van der Waals surface area contributed by atoms with E-state index in [9.17, 15) is 14.4 Å². The topological polar surface area (TPSA) is 80.7 Å². The van der Waals surface area contributed by atoms with E-state index in [1.807, 2.05) is 19.1 Å². The summed E-state index contributed by atoms with van der Waals surface area (Å²) in [6.07, 6.45) is 13.9. The summed E-state index contributed by atoms with van der Waals surface area (Å²) in [7, 11) is 0. The van der Waals surface area contributed by atoms with Gasteiger partial charge in [-0.05, 0) is 44.3 Å². The molecule has 0 saturated heterocycles. The number of allylic oxidation sites excluding steroid dienone is 3. The molecule has 1 N–H and O–H groups in total. The summed E-state index contributed by atoms with van der Waals surface area (Å²) in [6, 6.07) is 0. The van der Waals surface area contributed by atoms with Gasteiger partial charge in [-0.1, -0.05) is 38.3 Å². The first-order valence-corrected chi connectivity index (χ1v) is 9.20. The smallest absolute Gasteiger partial charge is 0.303 e. The van der Waals surface area contributed by atoms with Gasteiger partial charge >= 0.3 is 11.9 Å². The van der Waals surface area contributed by atoms with Gasteiger partial charge in [0.15, 0.2) is 5.78 Å². The summed E-state index contributed by atoms with van der Waals surface area (Å²) in [5.41, 5.74) is -0.831. The fourth-order valence-electron chi connectivity index (χ4n) is 3.30. The van der Waals surface area contributed by atoms with Crippen molar-refractivity contribution in [2.75, 3.05) is 0 Å². The fourth-order valence-corrected chi connectivity index (χ4v) is 3.30. The number of rotatable bonds is 12. The second-order valence-corrected chi connectivity index (χ2v) is 6.61. The molecule has 0 fully saturated rings. The molecular weight excluding hydrogens is 320 g/mol. The second kappa shape index (κ2) is 10.9. The normalized spacial score (nSPS) is 22.6. The first-order valence-electron chi connectivity index (χ1n) is 9.20. The molecule has 0 bridgehead atoms. The maximum absolute atomic E-state index is 12.2. The predicted molar refractivity (Wildman–Crippen MR) is 96.1 cm³/mol. The zero-order chi connectivity index (χ0) is 18.7. The van der Waals surface area contributed by atoms with E-state index >= 15 is 0 Å². The largest absolute Gasteiger partial charge is 0.481 e. The van der Waals surface area contributed by atoms with Crippen LogP contribution in [-0.2, 0) is 19.1 Å². The molecule has 0 aromatic heterocycles. The van der Waals surface area contributed by atoms with Crippen molar-refractivity contribution in [3.63, 3.8) is 0 Å². The van der Waals surface area contributed by atoms with E-state index in [1.54, 1.807) is 12.2 Å². The SMILES string of the molecule is CCC=CCC1C(=O)C=CC1(CCCCCCCC(=O)O)OC(C)=O. The van der Waals surface area contributed by atoms with Crippen LogP contribution in [0.2, 0.25) is 0 Å². The lowest BCUT2D eigenvalue weighted by atomic mass is 9.82. The molecule has 0 aromatic carbocycles. The Morgan fingerprint density at radius 2 is 1.88 bits per heavy atom. The Bertz CT molecular complexity index is 520. The minimum Gasteiger partial charge on any atom is -0.481 e. The van der Waals surface area contributed by atoms with Gasteiger partial charge in [-0.25, -0.2) is 0 Å².